The maximum Gasteiger partial charge on any atom is 0.136 e. The molecule has 7 aromatic carbocycles. The second-order valence-electron chi connectivity index (χ2n) is 14.4. The predicted octanol–water partition coefficient (Wildman–Crippen LogP) is 14.1. The highest BCUT2D eigenvalue weighted by Crippen LogP contribution is 2.43. The Balaban J connectivity index is 0.888. The fourth-order valence-electron chi connectivity index (χ4n) is 8.83. The van der Waals surface area contributed by atoms with Gasteiger partial charge >= 0.3 is 0 Å². The normalized spacial score (nSPS) is 14.8. The molecule has 5 aromatic heterocycles. The van der Waals surface area contributed by atoms with Crippen LogP contribution in [0.2, 0.25) is 0 Å². The molecule has 1 aliphatic carbocycles. The summed E-state index contributed by atoms with van der Waals surface area (Å²) < 4.78 is 31.6. The minimum atomic E-state index is 0.196. The first-order valence-electron chi connectivity index (χ1n) is 18.0. The van der Waals surface area contributed by atoms with Crippen molar-refractivity contribution in [3.05, 3.63) is 150 Å². The summed E-state index contributed by atoms with van der Waals surface area (Å²) in [5.74, 6) is 1.12. The van der Waals surface area contributed by atoms with E-state index in [4.69, 9.17) is 22.1 Å². The van der Waals surface area contributed by atoms with Crippen LogP contribution in [-0.4, -0.2) is 0 Å². The molecule has 0 bridgehead atoms. The molecule has 0 saturated carbocycles. The molecule has 0 N–H and O–H groups in total. The Hall–Kier alpha value is -6.98. The third-order valence-electron chi connectivity index (χ3n) is 11.4. The molecule has 5 heterocycles. The maximum atomic E-state index is 6.39. The summed E-state index contributed by atoms with van der Waals surface area (Å²) in [6.07, 6.45) is 5.24. The third kappa shape index (κ3) is 3.85. The van der Waals surface area contributed by atoms with Gasteiger partial charge in [-0.3, -0.25) is 0 Å². The molecule has 0 amide bonds. The number of rotatable bonds is 2. The zero-order valence-corrected chi connectivity index (χ0v) is 28.1. The zero-order valence-electron chi connectivity index (χ0n) is 28.1. The topological polar surface area (TPSA) is 65.7 Å². The van der Waals surface area contributed by atoms with E-state index in [0.717, 1.165) is 122 Å². The van der Waals surface area contributed by atoms with Crippen LogP contribution < -0.4 is 0 Å². The van der Waals surface area contributed by atoms with E-state index in [-0.39, 0.29) is 5.92 Å². The van der Waals surface area contributed by atoms with Crippen molar-refractivity contribution in [3.63, 3.8) is 0 Å². The van der Waals surface area contributed by atoms with Crippen molar-refractivity contribution < 1.29 is 22.1 Å². The van der Waals surface area contributed by atoms with Crippen LogP contribution in [-0.2, 0) is 6.42 Å². The summed E-state index contributed by atoms with van der Waals surface area (Å²) >= 11 is 0. The average Bonchev–Trinajstić information content (AvgIpc) is 4.01. The van der Waals surface area contributed by atoms with Gasteiger partial charge in [0.25, 0.3) is 0 Å². The highest BCUT2D eigenvalue weighted by molar-refractivity contribution is 6.16. The largest absolute Gasteiger partial charge is 0.456 e. The van der Waals surface area contributed by atoms with Gasteiger partial charge in [-0.15, -0.1) is 0 Å². The molecule has 13 rings (SSSR count). The number of furan rings is 5. The Morgan fingerprint density at radius 2 is 0.811 bits per heavy atom. The standard InChI is InChI=1S/C48H26O5/c1-3-7-39-29(5-1)35-21-47-37(23-45(35)50-39)33-19-27(11-15-43(33)52-47)25-9-13-41-31(17-25)32-18-26(10-14-42(32)49-41)28-12-16-44-34(20-28)38-24-46-36(22-48(38)53-44)30-6-2-4-8-40(30)51-46/h1-19,21-24,28H,20H2. The molecular weight excluding hydrogens is 657 g/mol. The molecular formula is C48H26O5. The highest BCUT2D eigenvalue weighted by atomic mass is 16.3. The van der Waals surface area contributed by atoms with Gasteiger partial charge in [0.15, 0.2) is 0 Å². The van der Waals surface area contributed by atoms with E-state index in [1.165, 1.54) is 11.1 Å². The van der Waals surface area contributed by atoms with Crippen LogP contribution in [0.4, 0.5) is 0 Å². The molecule has 1 unspecified atom stereocenters. The highest BCUT2D eigenvalue weighted by Gasteiger charge is 2.24. The SMILES string of the molecule is C1=CC(c2ccc3oc4ccc(-c5ccc6oc7cc8c(cc7c6c5)oc5ccccc58)cc4c3c2)Cc2c1oc1cc3c(cc21)oc1ccccc13. The van der Waals surface area contributed by atoms with Gasteiger partial charge in [-0.2, -0.15) is 0 Å². The van der Waals surface area contributed by atoms with E-state index in [1.807, 2.05) is 36.4 Å². The van der Waals surface area contributed by atoms with Crippen LogP contribution in [0, 0.1) is 0 Å². The molecule has 53 heavy (non-hydrogen) atoms. The number of hydrogen-bond donors (Lipinski definition) is 0. The van der Waals surface area contributed by atoms with E-state index >= 15 is 0 Å². The first-order valence-corrected chi connectivity index (χ1v) is 18.0. The minimum Gasteiger partial charge on any atom is -0.456 e. The Bertz CT molecular complexity index is 3560. The van der Waals surface area contributed by atoms with Crippen LogP contribution in [0.1, 0.15) is 22.8 Å². The summed E-state index contributed by atoms with van der Waals surface area (Å²) in [6.45, 7) is 0. The number of benzene rings is 7. The predicted molar refractivity (Wildman–Crippen MR) is 213 cm³/mol. The van der Waals surface area contributed by atoms with Crippen molar-refractivity contribution in [2.45, 2.75) is 12.3 Å². The number of fused-ring (bicyclic) bond motifs is 15. The first kappa shape index (κ1) is 27.7. The van der Waals surface area contributed by atoms with Gasteiger partial charge in [0, 0.05) is 60.0 Å². The Kier molecular flexibility index (Phi) is 5.16. The molecule has 12 aromatic rings. The Morgan fingerprint density at radius 1 is 0.358 bits per heavy atom. The molecule has 0 aliphatic heterocycles. The molecule has 0 saturated heterocycles. The van der Waals surface area contributed by atoms with Crippen molar-refractivity contribution in [2.75, 3.05) is 0 Å². The lowest BCUT2D eigenvalue weighted by Crippen LogP contribution is -2.04. The smallest absolute Gasteiger partial charge is 0.136 e. The van der Waals surface area contributed by atoms with E-state index < -0.39 is 0 Å². The number of hydrogen-bond acceptors (Lipinski definition) is 5. The quantitative estimate of drug-likeness (QED) is 0.182. The van der Waals surface area contributed by atoms with E-state index in [1.54, 1.807) is 0 Å². The lowest BCUT2D eigenvalue weighted by molar-refractivity contribution is 0.592. The van der Waals surface area contributed by atoms with Crippen molar-refractivity contribution in [3.8, 4) is 11.1 Å². The molecule has 5 nitrogen and oxygen atoms in total. The molecule has 5 heteroatoms. The lowest BCUT2D eigenvalue weighted by Gasteiger charge is -2.17. The van der Waals surface area contributed by atoms with Gasteiger partial charge in [0.2, 0.25) is 0 Å². The van der Waals surface area contributed by atoms with Crippen molar-refractivity contribution in [2.24, 2.45) is 0 Å². The van der Waals surface area contributed by atoms with Crippen molar-refractivity contribution in [1.82, 2.24) is 0 Å². The van der Waals surface area contributed by atoms with Crippen LogP contribution in [0.5, 0.6) is 0 Å². The van der Waals surface area contributed by atoms with Gasteiger partial charge in [-0.25, -0.2) is 0 Å². The summed E-state index contributed by atoms with van der Waals surface area (Å²) in [5.41, 5.74) is 12.6. The van der Waals surface area contributed by atoms with Crippen LogP contribution >= 0.6 is 0 Å². The summed E-state index contributed by atoms with van der Waals surface area (Å²) in [6, 6.07) is 44.3. The molecule has 1 aliphatic rings. The fourth-order valence-corrected chi connectivity index (χ4v) is 8.83. The molecule has 0 fully saturated rings. The number of allylic oxidation sites excluding steroid dienone is 1. The van der Waals surface area contributed by atoms with Gasteiger partial charge in [-0.1, -0.05) is 60.7 Å². The summed E-state index contributed by atoms with van der Waals surface area (Å²) in [7, 11) is 0. The van der Waals surface area contributed by atoms with E-state index in [2.05, 4.69) is 103 Å². The maximum absolute atomic E-state index is 6.39. The minimum absolute atomic E-state index is 0.196. The van der Waals surface area contributed by atoms with Gasteiger partial charge in [-0.05, 0) is 102 Å². The van der Waals surface area contributed by atoms with E-state index in [9.17, 15) is 0 Å². The van der Waals surface area contributed by atoms with Crippen molar-refractivity contribution >= 4 is 105 Å². The fraction of sp³-hybridized carbons (Fsp3) is 0.0417. The molecule has 248 valence electrons. The van der Waals surface area contributed by atoms with E-state index in [0.29, 0.717) is 0 Å². The third-order valence-corrected chi connectivity index (χ3v) is 11.4. The number of para-hydroxylation sites is 2. The monoisotopic (exact) mass is 682 g/mol. The zero-order chi connectivity index (χ0) is 34.4. The van der Waals surface area contributed by atoms with Gasteiger partial charge in [0.05, 0.1) is 0 Å². The second-order valence-corrected chi connectivity index (χ2v) is 14.4. The van der Waals surface area contributed by atoms with Gasteiger partial charge < -0.3 is 22.1 Å². The second kappa shape index (κ2) is 9.87. The van der Waals surface area contributed by atoms with Crippen LogP contribution in [0.25, 0.3) is 116 Å². The van der Waals surface area contributed by atoms with Crippen LogP contribution in [0.15, 0.2) is 156 Å². The summed E-state index contributed by atoms with van der Waals surface area (Å²) in [4.78, 5) is 0. The first-order chi connectivity index (χ1) is 26.2. The molecule has 1 atom stereocenters. The Morgan fingerprint density at radius 3 is 1.43 bits per heavy atom. The molecule has 0 spiro atoms. The average molecular weight is 683 g/mol. The van der Waals surface area contributed by atoms with Crippen LogP contribution in [0.3, 0.4) is 0 Å². The van der Waals surface area contributed by atoms with Crippen molar-refractivity contribution in [1.29, 1.82) is 0 Å². The lowest BCUT2D eigenvalue weighted by atomic mass is 9.86. The summed E-state index contributed by atoms with van der Waals surface area (Å²) in [5, 5.41) is 9.79. The molecule has 0 radical (unpaired) electrons. The van der Waals surface area contributed by atoms with Gasteiger partial charge in [0.1, 0.15) is 56.0 Å². The Labute approximate surface area is 299 Å².